The van der Waals surface area contributed by atoms with Crippen molar-refractivity contribution in [2.75, 3.05) is 43.1 Å². The summed E-state index contributed by atoms with van der Waals surface area (Å²) in [6.07, 6.45) is 1.19. The van der Waals surface area contributed by atoms with Crippen molar-refractivity contribution in [3.8, 4) is 0 Å². The van der Waals surface area contributed by atoms with Gasteiger partial charge in [0, 0.05) is 32.4 Å². The molecule has 0 radical (unpaired) electrons. The van der Waals surface area contributed by atoms with E-state index < -0.39 is 9.84 Å². The molecule has 2 rings (SSSR count). The smallest absolute Gasteiger partial charge is 0.175 e. The summed E-state index contributed by atoms with van der Waals surface area (Å²) in [5, 5.41) is 3.26. The van der Waals surface area contributed by atoms with Crippen LogP contribution in [-0.4, -0.2) is 40.9 Å². The number of piperazine rings is 1. The number of rotatable bonds is 2. The molecule has 0 bridgehead atoms. The van der Waals surface area contributed by atoms with Crippen LogP contribution < -0.4 is 16.0 Å². The molecule has 1 aliphatic rings. The van der Waals surface area contributed by atoms with Crippen LogP contribution >= 0.6 is 0 Å². The molecule has 1 heterocycles. The first-order valence-electron chi connectivity index (χ1n) is 5.54. The topological polar surface area (TPSA) is 75.4 Å². The van der Waals surface area contributed by atoms with Crippen molar-refractivity contribution in [3.05, 3.63) is 18.2 Å². The van der Waals surface area contributed by atoms with Gasteiger partial charge in [0.1, 0.15) is 0 Å². The van der Waals surface area contributed by atoms with E-state index in [2.05, 4.69) is 10.2 Å². The molecule has 1 aliphatic heterocycles. The summed E-state index contributed by atoms with van der Waals surface area (Å²) in [7, 11) is -3.18. The van der Waals surface area contributed by atoms with Gasteiger partial charge in [-0.2, -0.15) is 0 Å². The number of sulfone groups is 1. The molecule has 1 aromatic carbocycles. The Morgan fingerprint density at radius 2 is 1.94 bits per heavy atom. The number of nitrogens with one attached hydrogen (secondary N) is 1. The van der Waals surface area contributed by atoms with E-state index in [0.29, 0.717) is 5.69 Å². The predicted octanol–water partition coefficient (Wildman–Crippen LogP) is 0.0819. The lowest BCUT2D eigenvalue weighted by Gasteiger charge is -2.30. The molecule has 0 spiro atoms. The monoisotopic (exact) mass is 255 g/mol. The third kappa shape index (κ3) is 2.70. The SMILES string of the molecule is CS(=O)(=O)c1ccc(N2CCNCC2)c(N)c1. The van der Waals surface area contributed by atoms with Gasteiger partial charge >= 0.3 is 0 Å². The molecule has 0 aliphatic carbocycles. The molecule has 0 amide bonds. The Kier molecular flexibility index (Phi) is 3.26. The highest BCUT2D eigenvalue weighted by Gasteiger charge is 2.15. The Morgan fingerprint density at radius 1 is 1.29 bits per heavy atom. The lowest BCUT2D eigenvalue weighted by Crippen LogP contribution is -2.43. The average molecular weight is 255 g/mol. The molecule has 94 valence electrons. The number of nitrogens with two attached hydrogens (primary N) is 1. The molecular weight excluding hydrogens is 238 g/mol. The van der Waals surface area contributed by atoms with Gasteiger partial charge in [0.05, 0.1) is 16.3 Å². The van der Waals surface area contributed by atoms with Crippen molar-refractivity contribution in [2.24, 2.45) is 0 Å². The van der Waals surface area contributed by atoms with Gasteiger partial charge in [-0.3, -0.25) is 0 Å². The van der Waals surface area contributed by atoms with Gasteiger partial charge in [-0.25, -0.2) is 8.42 Å². The Balaban J connectivity index is 2.31. The molecule has 0 aromatic heterocycles. The van der Waals surface area contributed by atoms with Crippen LogP contribution in [-0.2, 0) is 9.84 Å². The van der Waals surface area contributed by atoms with E-state index in [1.165, 1.54) is 12.3 Å². The number of hydrogen-bond donors (Lipinski definition) is 2. The zero-order valence-corrected chi connectivity index (χ0v) is 10.6. The Bertz CT molecular complexity index is 507. The third-order valence-corrected chi connectivity index (χ3v) is 4.00. The van der Waals surface area contributed by atoms with Crippen LogP contribution in [0.15, 0.2) is 23.1 Å². The minimum atomic E-state index is -3.18. The molecule has 1 aromatic rings. The molecule has 1 saturated heterocycles. The van der Waals surface area contributed by atoms with E-state index in [-0.39, 0.29) is 4.90 Å². The van der Waals surface area contributed by atoms with Crippen molar-refractivity contribution in [2.45, 2.75) is 4.90 Å². The largest absolute Gasteiger partial charge is 0.397 e. The molecule has 0 atom stereocenters. The van der Waals surface area contributed by atoms with E-state index in [9.17, 15) is 8.42 Å². The number of anilines is 2. The number of benzene rings is 1. The first-order chi connectivity index (χ1) is 7.98. The van der Waals surface area contributed by atoms with Crippen LogP contribution in [0.2, 0.25) is 0 Å². The minimum absolute atomic E-state index is 0.272. The van der Waals surface area contributed by atoms with Gasteiger partial charge in [0.15, 0.2) is 9.84 Å². The number of nitrogen functional groups attached to an aromatic ring is 1. The maximum Gasteiger partial charge on any atom is 0.175 e. The molecule has 17 heavy (non-hydrogen) atoms. The standard InChI is InChI=1S/C11H17N3O2S/c1-17(15,16)9-2-3-11(10(12)8-9)14-6-4-13-5-7-14/h2-3,8,13H,4-7,12H2,1H3. The van der Waals surface area contributed by atoms with E-state index >= 15 is 0 Å². The van der Waals surface area contributed by atoms with E-state index in [1.807, 2.05) is 0 Å². The van der Waals surface area contributed by atoms with Crippen molar-refractivity contribution in [3.63, 3.8) is 0 Å². The van der Waals surface area contributed by atoms with Crippen molar-refractivity contribution >= 4 is 21.2 Å². The van der Waals surface area contributed by atoms with Crippen LogP contribution in [0, 0.1) is 0 Å². The maximum absolute atomic E-state index is 11.4. The van der Waals surface area contributed by atoms with Gasteiger partial charge in [0.2, 0.25) is 0 Å². The highest BCUT2D eigenvalue weighted by Crippen LogP contribution is 2.26. The lowest BCUT2D eigenvalue weighted by atomic mass is 10.2. The minimum Gasteiger partial charge on any atom is -0.397 e. The molecular formula is C11H17N3O2S. The quantitative estimate of drug-likeness (QED) is 0.732. The molecule has 5 nitrogen and oxygen atoms in total. The second-order valence-corrected chi connectivity index (χ2v) is 6.25. The lowest BCUT2D eigenvalue weighted by molar-refractivity contribution is 0.589. The first-order valence-corrected chi connectivity index (χ1v) is 7.43. The summed E-state index contributed by atoms with van der Waals surface area (Å²) < 4.78 is 22.8. The van der Waals surface area contributed by atoms with Crippen LogP contribution in [0.4, 0.5) is 11.4 Å². The maximum atomic E-state index is 11.4. The Morgan fingerprint density at radius 3 is 2.47 bits per heavy atom. The first kappa shape index (κ1) is 12.2. The summed E-state index contributed by atoms with van der Waals surface area (Å²) in [5.41, 5.74) is 7.36. The van der Waals surface area contributed by atoms with Crippen LogP contribution in [0.25, 0.3) is 0 Å². The van der Waals surface area contributed by atoms with Crippen LogP contribution in [0.3, 0.4) is 0 Å². The summed E-state index contributed by atoms with van der Waals surface area (Å²) >= 11 is 0. The summed E-state index contributed by atoms with van der Waals surface area (Å²) in [6, 6.07) is 4.94. The third-order valence-electron chi connectivity index (χ3n) is 2.88. The summed E-state index contributed by atoms with van der Waals surface area (Å²) in [6.45, 7) is 3.63. The average Bonchev–Trinajstić information content (AvgIpc) is 2.29. The highest BCUT2D eigenvalue weighted by molar-refractivity contribution is 7.90. The van der Waals surface area contributed by atoms with Crippen LogP contribution in [0.5, 0.6) is 0 Å². The van der Waals surface area contributed by atoms with E-state index in [0.717, 1.165) is 31.9 Å². The number of nitrogens with zero attached hydrogens (tertiary/aromatic N) is 1. The molecule has 1 fully saturated rings. The molecule has 0 saturated carbocycles. The number of hydrogen-bond acceptors (Lipinski definition) is 5. The van der Waals surface area contributed by atoms with Gasteiger partial charge in [-0.05, 0) is 18.2 Å². The summed E-state index contributed by atoms with van der Waals surface area (Å²) in [5.74, 6) is 0. The predicted molar refractivity (Wildman–Crippen MR) is 69.0 cm³/mol. The zero-order chi connectivity index (χ0) is 12.5. The Labute approximate surface area is 102 Å². The Hall–Kier alpha value is -1.27. The second-order valence-electron chi connectivity index (χ2n) is 4.23. The van der Waals surface area contributed by atoms with Gasteiger partial charge < -0.3 is 16.0 Å². The van der Waals surface area contributed by atoms with Crippen LogP contribution in [0.1, 0.15) is 0 Å². The fourth-order valence-corrected chi connectivity index (χ4v) is 2.61. The van der Waals surface area contributed by atoms with E-state index in [4.69, 9.17) is 5.73 Å². The van der Waals surface area contributed by atoms with Gasteiger partial charge in [-0.15, -0.1) is 0 Å². The van der Waals surface area contributed by atoms with Crippen molar-refractivity contribution in [1.82, 2.24) is 5.32 Å². The fourth-order valence-electron chi connectivity index (χ4n) is 1.96. The summed E-state index contributed by atoms with van der Waals surface area (Å²) in [4.78, 5) is 2.44. The molecule has 3 N–H and O–H groups in total. The van der Waals surface area contributed by atoms with Gasteiger partial charge in [0.25, 0.3) is 0 Å². The van der Waals surface area contributed by atoms with Crippen molar-refractivity contribution in [1.29, 1.82) is 0 Å². The fraction of sp³-hybridized carbons (Fsp3) is 0.455. The highest BCUT2D eigenvalue weighted by atomic mass is 32.2. The van der Waals surface area contributed by atoms with Crippen molar-refractivity contribution < 1.29 is 8.42 Å². The molecule has 6 heteroatoms. The molecule has 0 unspecified atom stereocenters. The second kappa shape index (κ2) is 4.54. The van der Waals surface area contributed by atoms with E-state index in [1.54, 1.807) is 12.1 Å². The zero-order valence-electron chi connectivity index (χ0n) is 9.81. The normalized spacial score (nSPS) is 17.1. The van der Waals surface area contributed by atoms with Gasteiger partial charge in [-0.1, -0.05) is 0 Å².